The number of nitrogens with zero attached hydrogens (tertiary/aromatic N) is 1. The Morgan fingerprint density at radius 3 is 2.61 bits per heavy atom. The Kier molecular flexibility index (Phi) is 5.37. The van der Waals surface area contributed by atoms with Crippen LogP contribution in [0.3, 0.4) is 0 Å². The van der Waals surface area contributed by atoms with E-state index in [0.717, 1.165) is 17.4 Å². The Bertz CT molecular complexity index is 536. The van der Waals surface area contributed by atoms with Crippen LogP contribution < -0.4 is 0 Å². The quantitative estimate of drug-likeness (QED) is 0.530. The molecule has 0 aromatic rings. The van der Waals surface area contributed by atoms with Crippen molar-refractivity contribution in [1.82, 2.24) is 4.90 Å². The van der Waals surface area contributed by atoms with Crippen LogP contribution in [0, 0.1) is 5.92 Å². The van der Waals surface area contributed by atoms with Crippen LogP contribution in [0.4, 0.5) is 0 Å². The number of carbonyl (C=O) groups excluding carboxylic acids is 1. The van der Waals surface area contributed by atoms with E-state index in [2.05, 4.69) is 60.4 Å². The predicted octanol–water partition coefficient (Wildman–Crippen LogP) is 3.82. The van der Waals surface area contributed by atoms with E-state index in [-0.39, 0.29) is 23.0 Å². The first-order valence-electron chi connectivity index (χ1n) is 8.40. The molecular formula is C18H31NO2SeSi. The van der Waals surface area contributed by atoms with Crippen LogP contribution in [-0.2, 0) is 9.22 Å². The van der Waals surface area contributed by atoms with Crippen molar-refractivity contribution in [3.05, 3.63) is 23.8 Å². The van der Waals surface area contributed by atoms with Gasteiger partial charge in [0.1, 0.15) is 0 Å². The maximum absolute atomic E-state index is 12.6. The minimum absolute atomic E-state index is 0.0258. The first-order valence-corrected chi connectivity index (χ1v) is 13.5. The third-order valence-corrected chi connectivity index (χ3v) is 12.9. The van der Waals surface area contributed by atoms with Gasteiger partial charge in [-0.15, -0.1) is 0 Å². The molecule has 2 aliphatic heterocycles. The zero-order chi connectivity index (χ0) is 17.6. The maximum atomic E-state index is 12.6. The fourth-order valence-electron chi connectivity index (χ4n) is 2.83. The second-order valence-corrected chi connectivity index (χ2v) is 15.4. The van der Waals surface area contributed by atoms with E-state index in [1.807, 2.05) is 4.90 Å². The van der Waals surface area contributed by atoms with Crippen molar-refractivity contribution in [3.63, 3.8) is 0 Å². The summed E-state index contributed by atoms with van der Waals surface area (Å²) in [6, 6.07) is 0. The first kappa shape index (κ1) is 19.0. The summed E-state index contributed by atoms with van der Waals surface area (Å²) in [5.41, 5.74) is 2.48. The SMILES string of the molecule is C=C(C)C1=CCN2C(=O)[C@H]([C@@H](C)O[Si](C)(C)C(C)(C)C)[C@H]2[Se]C1. The van der Waals surface area contributed by atoms with Crippen LogP contribution in [0.25, 0.3) is 0 Å². The van der Waals surface area contributed by atoms with Crippen LogP contribution in [0.5, 0.6) is 0 Å². The number of rotatable bonds is 4. The number of carbonyl (C=O) groups is 1. The summed E-state index contributed by atoms with van der Waals surface area (Å²) in [4.78, 5) is 15.1. The summed E-state index contributed by atoms with van der Waals surface area (Å²) >= 11 is 0.408. The van der Waals surface area contributed by atoms with Crippen molar-refractivity contribution < 1.29 is 9.22 Å². The average Bonchev–Trinajstić information content (AvgIpc) is 2.56. The molecule has 0 N–H and O–H groups in total. The van der Waals surface area contributed by atoms with Gasteiger partial charge in [0.25, 0.3) is 0 Å². The van der Waals surface area contributed by atoms with Crippen LogP contribution in [0.2, 0.25) is 23.5 Å². The Labute approximate surface area is 148 Å². The second kappa shape index (κ2) is 6.51. The van der Waals surface area contributed by atoms with Gasteiger partial charge >= 0.3 is 149 Å². The van der Waals surface area contributed by atoms with E-state index in [1.54, 1.807) is 0 Å². The molecule has 0 saturated carbocycles. The van der Waals surface area contributed by atoms with Gasteiger partial charge in [0.05, 0.1) is 0 Å². The fraction of sp³-hybridized carbons (Fsp3) is 0.722. The van der Waals surface area contributed by atoms with Crippen molar-refractivity contribution in [1.29, 1.82) is 0 Å². The molecule has 1 saturated heterocycles. The Morgan fingerprint density at radius 2 is 2.09 bits per heavy atom. The van der Waals surface area contributed by atoms with Gasteiger partial charge in [-0.3, -0.25) is 0 Å². The molecule has 0 unspecified atom stereocenters. The predicted molar refractivity (Wildman–Crippen MR) is 100 cm³/mol. The molecule has 0 spiro atoms. The standard InChI is InChI=1S/C18H31NO2SeSi/c1-12(2)14-9-10-19-16(20)15(17(19)22-11-14)13(3)21-23(7,8)18(4,5)6/h9,13,15,17H,1,10-11H2,2-8H3/t13-,15+,17-/m1/s1. The first-order chi connectivity index (χ1) is 10.5. The van der Waals surface area contributed by atoms with Crippen molar-refractivity contribution >= 4 is 29.2 Å². The molecule has 3 nitrogen and oxygen atoms in total. The van der Waals surface area contributed by atoms with Gasteiger partial charge in [-0.1, -0.05) is 0 Å². The van der Waals surface area contributed by atoms with Crippen molar-refractivity contribution in [2.45, 2.75) is 69.1 Å². The molecule has 1 fully saturated rings. The van der Waals surface area contributed by atoms with Gasteiger partial charge in [0, 0.05) is 0 Å². The topological polar surface area (TPSA) is 29.5 Å². The normalized spacial score (nSPS) is 26.8. The molecule has 0 bridgehead atoms. The summed E-state index contributed by atoms with van der Waals surface area (Å²) in [5.74, 6) is 0.337. The summed E-state index contributed by atoms with van der Waals surface area (Å²) < 4.78 is 6.51. The van der Waals surface area contributed by atoms with Gasteiger partial charge in [-0.2, -0.15) is 0 Å². The van der Waals surface area contributed by atoms with E-state index in [4.69, 9.17) is 4.43 Å². The monoisotopic (exact) mass is 401 g/mol. The molecule has 2 rings (SSSR count). The fourth-order valence-corrected chi connectivity index (χ4v) is 7.67. The third-order valence-electron chi connectivity index (χ3n) is 5.47. The van der Waals surface area contributed by atoms with Crippen molar-refractivity contribution in [2.24, 2.45) is 5.92 Å². The molecule has 130 valence electrons. The molecule has 23 heavy (non-hydrogen) atoms. The molecule has 3 atom stereocenters. The molecule has 5 heteroatoms. The number of fused-ring (bicyclic) bond motifs is 1. The summed E-state index contributed by atoms with van der Waals surface area (Å²) in [6.07, 6.45) is 2.22. The molecule has 2 heterocycles. The molecule has 2 aliphatic rings. The molecule has 1 amide bonds. The van der Waals surface area contributed by atoms with Crippen LogP contribution in [-0.4, -0.2) is 51.7 Å². The third kappa shape index (κ3) is 3.68. The Morgan fingerprint density at radius 1 is 1.48 bits per heavy atom. The van der Waals surface area contributed by atoms with Gasteiger partial charge in [-0.25, -0.2) is 0 Å². The number of β-lactam (4-membered cyclic amide) rings is 1. The van der Waals surface area contributed by atoms with E-state index in [1.165, 1.54) is 5.57 Å². The molecule has 0 radical (unpaired) electrons. The zero-order valence-corrected chi connectivity index (χ0v) is 18.3. The second-order valence-electron chi connectivity index (χ2n) is 8.31. The summed E-state index contributed by atoms with van der Waals surface area (Å²) in [6.45, 7) is 20.3. The van der Waals surface area contributed by atoms with Gasteiger partial charge in [0.2, 0.25) is 0 Å². The Hall–Kier alpha value is -0.354. The van der Waals surface area contributed by atoms with E-state index >= 15 is 0 Å². The number of hydrogen-bond donors (Lipinski definition) is 0. The van der Waals surface area contributed by atoms with Gasteiger partial charge in [-0.05, 0) is 0 Å². The number of hydrogen-bond acceptors (Lipinski definition) is 2. The van der Waals surface area contributed by atoms with E-state index < -0.39 is 8.32 Å². The molecular weight excluding hydrogens is 369 g/mol. The molecule has 0 aromatic heterocycles. The van der Waals surface area contributed by atoms with Crippen LogP contribution in [0.1, 0.15) is 34.6 Å². The van der Waals surface area contributed by atoms with Gasteiger partial charge in [0.15, 0.2) is 0 Å². The van der Waals surface area contributed by atoms with Crippen molar-refractivity contribution in [3.8, 4) is 0 Å². The zero-order valence-electron chi connectivity index (χ0n) is 15.6. The minimum atomic E-state index is -1.83. The average molecular weight is 400 g/mol. The van der Waals surface area contributed by atoms with E-state index in [0.29, 0.717) is 19.9 Å². The van der Waals surface area contributed by atoms with Crippen LogP contribution >= 0.6 is 0 Å². The Balaban J connectivity index is 2.06. The van der Waals surface area contributed by atoms with Crippen molar-refractivity contribution in [2.75, 3.05) is 6.54 Å². The van der Waals surface area contributed by atoms with Gasteiger partial charge < -0.3 is 0 Å². The number of allylic oxidation sites excluding steroid dienone is 2. The molecule has 0 aliphatic carbocycles. The summed E-state index contributed by atoms with van der Waals surface area (Å²) in [7, 11) is -1.83. The molecule has 0 aromatic carbocycles. The summed E-state index contributed by atoms with van der Waals surface area (Å²) in [5, 5.41) is 1.26. The van der Waals surface area contributed by atoms with Crippen LogP contribution in [0.15, 0.2) is 23.8 Å². The number of amides is 1. The van der Waals surface area contributed by atoms with E-state index in [9.17, 15) is 4.79 Å².